The summed E-state index contributed by atoms with van der Waals surface area (Å²) in [4.78, 5) is 11.5. The van der Waals surface area contributed by atoms with E-state index in [1.54, 1.807) is 12.1 Å². The molecule has 0 bridgehead atoms. The van der Waals surface area contributed by atoms with Gasteiger partial charge in [-0.15, -0.1) is 12.4 Å². The van der Waals surface area contributed by atoms with E-state index in [1.807, 2.05) is 14.0 Å². The van der Waals surface area contributed by atoms with Gasteiger partial charge in [-0.1, -0.05) is 0 Å². The number of halogens is 2. The van der Waals surface area contributed by atoms with Gasteiger partial charge in [0.2, 0.25) is 5.91 Å². The highest BCUT2D eigenvalue weighted by molar-refractivity contribution is 5.85. The molecule has 1 aromatic rings. The molecule has 1 aromatic carbocycles. The van der Waals surface area contributed by atoms with Crippen molar-refractivity contribution in [3.8, 4) is 5.75 Å². The zero-order chi connectivity index (χ0) is 14.1. The molecule has 0 saturated heterocycles. The lowest BCUT2D eigenvalue weighted by Crippen LogP contribution is -2.33. The van der Waals surface area contributed by atoms with Crippen LogP contribution in [0.4, 0.5) is 4.39 Å². The van der Waals surface area contributed by atoms with Gasteiger partial charge in [0.05, 0.1) is 6.54 Å². The highest BCUT2D eigenvalue weighted by Gasteiger charge is 2.07. The van der Waals surface area contributed by atoms with Crippen molar-refractivity contribution in [2.24, 2.45) is 0 Å². The summed E-state index contributed by atoms with van der Waals surface area (Å²) in [7, 11) is 1.86. The van der Waals surface area contributed by atoms with Gasteiger partial charge < -0.3 is 15.4 Å². The molecule has 0 fully saturated rings. The first-order valence-corrected chi connectivity index (χ1v) is 6.45. The van der Waals surface area contributed by atoms with Crippen molar-refractivity contribution in [3.05, 3.63) is 30.1 Å². The monoisotopic (exact) mass is 304 g/mol. The van der Waals surface area contributed by atoms with E-state index in [2.05, 4.69) is 10.6 Å². The first-order chi connectivity index (χ1) is 9.11. The number of amides is 1. The maximum atomic E-state index is 12.7. The molecule has 1 unspecified atom stereocenters. The highest BCUT2D eigenvalue weighted by atomic mass is 35.5. The van der Waals surface area contributed by atoms with Gasteiger partial charge in [-0.25, -0.2) is 4.39 Å². The summed E-state index contributed by atoms with van der Waals surface area (Å²) >= 11 is 0. The molecule has 0 aromatic heterocycles. The van der Waals surface area contributed by atoms with Gasteiger partial charge in [-0.3, -0.25) is 4.79 Å². The minimum atomic E-state index is -0.294. The summed E-state index contributed by atoms with van der Waals surface area (Å²) in [6, 6.07) is 5.83. The molecular weight excluding hydrogens is 283 g/mol. The zero-order valence-corrected chi connectivity index (χ0v) is 12.6. The van der Waals surface area contributed by atoms with E-state index in [9.17, 15) is 9.18 Å². The van der Waals surface area contributed by atoms with Crippen LogP contribution in [0.2, 0.25) is 0 Å². The number of rotatable bonds is 8. The molecule has 6 heteroatoms. The summed E-state index contributed by atoms with van der Waals surface area (Å²) < 4.78 is 18.3. The highest BCUT2D eigenvalue weighted by Crippen LogP contribution is 2.12. The van der Waals surface area contributed by atoms with E-state index in [4.69, 9.17) is 4.74 Å². The van der Waals surface area contributed by atoms with E-state index in [-0.39, 0.29) is 30.2 Å². The van der Waals surface area contributed by atoms with Crippen molar-refractivity contribution in [2.45, 2.75) is 25.9 Å². The Morgan fingerprint density at radius 1 is 1.35 bits per heavy atom. The maximum Gasteiger partial charge on any atom is 0.220 e. The molecular formula is C14H22ClFN2O2. The van der Waals surface area contributed by atoms with Gasteiger partial charge in [0.25, 0.3) is 0 Å². The van der Waals surface area contributed by atoms with Crippen molar-refractivity contribution < 1.29 is 13.9 Å². The SMILES string of the molecule is CNCCCC(=O)NCC(C)Oc1ccc(F)cc1.Cl. The van der Waals surface area contributed by atoms with Crippen LogP contribution >= 0.6 is 12.4 Å². The number of hydrogen-bond acceptors (Lipinski definition) is 3. The Morgan fingerprint density at radius 3 is 2.60 bits per heavy atom. The third-order valence-corrected chi connectivity index (χ3v) is 2.57. The molecule has 1 amide bonds. The predicted octanol–water partition coefficient (Wildman–Crippen LogP) is 2.13. The number of hydrogen-bond donors (Lipinski definition) is 2. The van der Waals surface area contributed by atoms with Crippen molar-refractivity contribution in [2.75, 3.05) is 20.1 Å². The van der Waals surface area contributed by atoms with Crippen molar-refractivity contribution in [3.63, 3.8) is 0 Å². The second-order valence-electron chi connectivity index (χ2n) is 4.39. The Kier molecular flexibility index (Phi) is 9.76. The van der Waals surface area contributed by atoms with Gasteiger partial charge >= 0.3 is 0 Å². The number of ether oxygens (including phenoxy) is 1. The fourth-order valence-electron chi connectivity index (χ4n) is 1.56. The summed E-state index contributed by atoms with van der Waals surface area (Å²) in [6.45, 7) is 3.13. The summed E-state index contributed by atoms with van der Waals surface area (Å²) in [5.74, 6) is 0.320. The van der Waals surface area contributed by atoms with Gasteiger partial charge in [0.15, 0.2) is 0 Å². The van der Waals surface area contributed by atoms with Crippen molar-refractivity contribution in [1.29, 1.82) is 0 Å². The largest absolute Gasteiger partial charge is 0.489 e. The minimum Gasteiger partial charge on any atom is -0.489 e. The number of benzene rings is 1. The molecule has 0 aliphatic carbocycles. The first-order valence-electron chi connectivity index (χ1n) is 6.45. The van der Waals surface area contributed by atoms with Crippen LogP contribution in [-0.2, 0) is 4.79 Å². The summed E-state index contributed by atoms with van der Waals surface area (Å²) in [5, 5.41) is 5.80. The third kappa shape index (κ3) is 7.96. The van der Waals surface area contributed by atoms with Gasteiger partial charge in [0.1, 0.15) is 17.7 Å². The molecule has 0 spiro atoms. The van der Waals surface area contributed by atoms with Crippen LogP contribution in [0.15, 0.2) is 24.3 Å². The smallest absolute Gasteiger partial charge is 0.220 e. The zero-order valence-electron chi connectivity index (χ0n) is 11.8. The lowest BCUT2D eigenvalue weighted by atomic mass is 10.3. The van der Waals surface area contributed by atoms with Crippen LogP contribution < -0.4 is 15.4 Å². The molecule has 0 aliphatic rings. The van der Waals surface area contributed by atoms with E-state index in [0.717, 1.165) is 13.0 Å². The van der Waals surface area contributed by atoms with Crippen LogP contribution in [0.3, 0.4) is 0 Å². The molecule has 2 N–H and O–H groups in total. The minimum absolute atomic E-state index is 0. The van der Waals surface area contributed by atoms with E-state index >= 15 is 0 Å². The Bertz CT molecular complexity index is 387. The van der Waals surface area contributed by atoms with Crippen molar-refractivity contribution in [1.82, 2.24) is 10.6 Å². The van der Waals surface area contributed by atoms with Crippen molar-refractivity contribution >= 4 is 18.3 Å². The second-order valence-corrected chi connectivity index (χ2v) is 4.39. The Labute approximate surface area is 125 Å². The summed E-state index contributed by atoms with van der Waals surface area (Å²) in [6.07, 6.45) is 1.17. The fourth-order valence-corrected chi connectivity index (χ4v) is 1.56. The molecule has 1 rings (SSSR count). The van der Waals surface area contributed by atoms with E-state index < -0.39 is 0 Å². The molecule has 0 heterocycles. The number of nitrogens with one attached hydrogen (secondary N) is 2. The average molecular weight is 305 g/mol. The molecule has 0 radical (unpaired) electrons. The molecule has 20 heavy (non-hydrogen) atoms. The molecule has 0 saturated carbocycles. The van der Waals surface area contributed by atoms with E-state index in [0.29, 0.717) is 18.7 Å². The lowest BCUT2D eigenvalue weighted by Gasteiger charge is -2.15. The number of carbonyl (C=O) groups excluding carboxylic acids is 1. The van der Waals surface area contributed by atoms with Crippen LogP contribution in [0, 0.1) is 5.82 Å². The summed E-state index contributed by atoms with van der Waals surface area (Å²) in [5.41, 5.74) is 0. The quantitative estimate of drug-likeness (QED) is 0.723. The predicted molar refractivity (Wildman–Crippen MR) is 79.9 cm³/mol. The lowest BCUT2D eigenvalue weighted by molar-refractivity contribution is -0.121. The third-order valence-electron chi connectivity index (χ3n) is 2.57. The first kappa shape index (κ1) is 18.7. The van der Waals surface area contributed by atoms with Crippen LogP contribution in [-0.4, -0.2) is 32.1 Å². The van der Waals surface area contributed by atoms with Gasteiger partial charge in [0, 0.05) is 6.42 Å². The Balaban J connectivity index is 0.00000361. The average Bonchev–Trinajstić information content (AvgIpc) is 2.39. The molecule has 1 atom stereocenters. The fraction of sp³-hybridized carbons (Fsp3) is 0.500. The normalized spacial score (nSPS) is 11.3. The van der Waals surface area contributed by atoms with Gasteiger partial charge in [-0.2, -0.15) is 0 Å². The van der Waals surface area contributed by atoms with E-state index in [1.165, 1.54) is 12.1 Å². The van der Waals surface area contributed by atoms with Gasteiger partial charge in [-0.05, 0) is 51.2 Å². The molecule has 114 valence electrons. The standard InChI is InChI=1S/C14H21FN2O2.ClH/c1-11(10-17-14(18)4-3-9-16-2)19-13-7-5-12(15)6-8-13;/h5-8,11,16H,3-4,9-10H2,1-2H3,(H,17,18);1H. The Morgan fingerprint density at radius 2 is 2.00 bits per heavy atom. The molecule has 4 nitrogen and oxygen atoms in total. The van der Waals surface area contributed by atoms with Crippen LogP contribution in [0.25, 0.3) is 0 Å². The maximum absolute atomic E-state index is 12.7. The number of carbonyl (C=O) groups is 1. The molecule has 0 aliphatic heterocycles. The topological polar surface area (TPSA) is 50.4 Å². The van der Waals surface area contributed by atoms with Crippen LogP contribution in [0.5, 0.6) is 5.75 Å². The van der Waals surface area contributed by atoms with Crippen LogP contribution in [0.1, 0.15) is 19.8 Å². The Hall–Kier alpha value is -1.33. The second kappa shape index (κ2) is 10.5.